The smallest absolute Gasteiger partial charge is 0.255 e. The highest BCUT2D eigenvalue weighted by atomic mass is 35.5. The van der Waals surface area contributed by atoms with Crippen LogP contribution in [-0.4, -0.2) is 14.5 Å². The topological polar surface area (TPSA) is 47.8 Å². The first-order valence-electron chi connectivity index (χ1n) is 4.28. The van der Waals surface area contributed by atoms with Crippen LogP contribution in [0.5, 0.6) is 0 Å². The third kappa shape index (κ3) is 2.43. The van der Waals surface area contributed by atoms with Crippen LogP contribution in [0.1, 0.15) is 10.7 Å². The molecule has 2 aromatic heterocycles. The molecule has 0 aromatic carbocycles. The van der Waals surface area contributed by atoms with Gasteiger partial charge in [-0.1, -0.05) is 11.6 Å². The number of hydrogen-bond donors (Lipinski definition) is 0. The van der Waals surface area contributed by atoms with Crippen LogP contribution in [-0.2, 0) is 6.54 Å². The largest absolute Gasteiger partial charge is 0.293 e. The molecule has 0 aliphatic carbocycles. The third-order valence-electron chi connectivity index (χ3n) is 1.85. The van der Waals surface area contributed by atoms with Crippen LogP contribution >= 0.6 is 22.9 Å². The number of aromatic nitrogens is 3. The van der Waals surface area contributed by atoms with Crippen molar-refractivity contribution in [2.45, 2.75) is 13.5 Å². The van der Waals surface area contributed by atoms with E-state index in [0.29, 0.717) is 6.54 Å². The van der Waals surface area contributed by atoms with Crippen LogP contribution in [0.3, 0.4) is 0 Å². The van der Waals surface area contributed by atoms with Crippen molar-refractivity contribution in [3.63, 3.8) is 0 Å². The van der Waals surface area contributed by atoms with E-state index in [1.165, 1.54) is 17.0 Å². The van der Waals surface area contributed by atoms with E-state index < -0.39 is 0 Å². The quantitative estimate of drug-likeness (QED) is 0.752. The second-order valence-corrected chi connectivity index (χ2v) is 4.49. The summed E-state index contributed by atoms with van der Waals surface area (Å²) < 4.78 is 1.47. The minimum absolute atomic E-state index is 0.166. The molecule has 0 spiro atoms. The number of nitrogens with zero attached hydrogens (tertiary/aromatic N) is 3. The molecule has 0 amide bonds. The zero-order valence-electron chi connectivity index (χ0n) is 7.98. The first-order valence-corrected chi connectivity index (χ1v) is 5.54. The molecule has 2 heterocycles. The van der Waals surface area contributed by atoms with Crippen molar-refractivity contribution in [3.05, 3.63) is 44.0 Å². The summed E-state index contributed by atoms with van der Waals surface area (Å²) in [5.41, 5.74) is 0.698. The lowest BCUT2D eigenvalue weighted by Gasteiger charge is -2.01. The Hall–Kier alpha value is -1.20. The van der Waals surface area contributed by atoms with E-state index >= 15 is 0 Å². The minimum atomic E-state index is -0.166. The van der Waals surface area contributed by atoms with Crippen LogP contribution in [0, 0.1) is 6.92 Å². The molecule has 0 radical (unpaired) electrons. The lowest BCUT2D eigenvalue weighted by atomic mass is 10.4. The molecule has 0 N–H and O–H groups in total. The lowest BCUT2D eigenvalue weighted by molar-refractivity contribution is 0.721. The van der Waals surface area contributed by atoms with Gasteiger partial charge in [-0.3, -0.25) is 9.36 Å². The first-order chi connectivity index (χ1) is 7.15. The molecule has 2 aromatic rings. The van der Waals surface area contributed by atoms with E-state index in [1.807, 2.05) is 12.3 Å². The van der Waals surface area contributed by atoms with Gasteiger partial charge in [0.2, 0.25) is 0 Å². The second kappa shape index (κ2) is 4.12. The molecule has 78 valence electrons. The molecule has 0 aliphatic heterocycles. The number of hydrogen-bond acceptors (Lipinski definition) is 4. The highest BCUT2D eigenvalue weighted by molar-refractivity contribution is 7.09. The van der Waals surface area contributed by atoms with Gasteiger partial charge in [-0.05, 0) is 6.92 Å². The number of thiazole rings is 1. The van der Waals surface area contributed by atoms with Crippen molar-refractivity contribution in [1.82, 2.24) is 14.5 Å². The Labute approximate surface area is 95.2 Å². The molecule has 0 fully saturated rings. The maximum absolute atomic E-state index is 11.5. The van der Waals surface area contributed by atoms with Crippen LogP contribution in [0.4, 0.5) is 0 Å². The Balaban J connectivity index is 2.28. The number of rotatable bonds is 2. The highest BCUT2D eigenvalue weighted by Crippen LogP contribution is 2.08. The molecular weight excluding hydrogens is 234 g/mol. The Morgan fingerprint density at radius 2 is 2.40 bits per heavy atom. The Kier molecular flexibility index (Phi) is 2.83. The molecule has 0 unspecified atom stereocenters. The van der Waals surface area contributed by atoms with E-state index in [2.05, 4.69) is 9.97 Å². The van der Waals surface area contributed by atoms with Crippen LogP contribution in [0.15, 0.2) is 22.6 Å². The second-order valence-electron chi connectivity index (χ2n) is 3.04. The predicted molar refractivity (Wildman–Crippen MR) is 59.5 cm³/mol. The van der Waals surface area contributed by atoms with Gasteiger partial charge in [0.1, 0.15) is 5.15 Å². The van der Waals surface area contributed by atoms with Crippen molar-refractivity contribution in [3.8, 4) is 0 Å². The highest BCUT2D eigenvalue weighted by Gasteiger charge is 2.02. The van der Waals surface area contributed by atoms with E-state index in [0.717, 1.165) is 10.7 Å². The normalized spacial score (nSPS) is 10.5. The standard InChI is InChI=1S/C9H8ClN3OS/c1-6-12-7(4-15-6)3-13-5-11-8(10)2-9(13)14/h2,4-5H,3H2,1H3. The third-order valence-corrected chi connectivity index (χ3v) is 2.87. The molecular formula is C9H8ClN3OS. The fourth-order valence-corrected chi connectivity index (χ4v) is 1.92. The maximum Gasteiger partial charge on any atom is 0.255 e. The van der Waals surface area contributed by atoms with Gasteiger partial charge >= 0.3 is 0 Å². The first kappa shape index (κ1) is 10.3. The van der Waals surface area contributed by atoms with E-state index in [1.54, 1.807) is 11.3 Å². The van der Waals surface area contributed by atoms with Gasteiger partial charge in [0.15, 0.2) is 0 Å². The summed E-state index contributed by atoms with van der Waals surface area (Å²) in [6.45, 7) is 2.37. The van der Waals surface area contributed by atoms with Gasteiger partial charge in [-0.25, -0.2) is 9.97 Å². The summed E-state index contributed by atoms with van der Waals surface area (Å²) >= 11 is 7.15. The van der Waals surface area contributed by atoms with Crippen molar-refractivity contribution >= 4 is 22.9 Å². The van der Waals surface area contributed by atoms with Gasteiger partial charge in [0, 0.05) is 11.4 Å². The Morgan fingerprint density at radius 1 is 1.60 bits per heavy atom. The summed E-state index contributed by atoms with van der Waals surface area (Å²) in [6, 6.07) is 1.29. The summed E-state index contributed by atoms with van der Waals surface area (Å²) in [6.07, 6.45) is 1.43. The zero-order chi connectivity index (χ0) is 10.8. The molecule has 4 nitrogen and oxygen atoms in total. The molecule has 0 atom stereocenters. The molecule has 2 rings (SSSR count). The van der Waals surface area contributed by atoms with Gasteiger partial charge < -0.3 is 0 Å². The van der Waals surface area contributed by atoms with Crippen molar-refractivity contribution < 1.29 is 0 Å². The van der Waals surface area contributed by atoms with Crippen molar-refractivity contribution in [1.29, 1.82) is 0 Å². The zero-order valence-corrected chi connectivity index (χ0v) is 9.55. The Bertz CT molecular complexity index is 534. The van der Waals surface area contributed by atoms with E-state index in [4.69, 9.17) is 11.6 Å². The van der Waals surface area contributed by atoms with E-state index in [-0.39, 0.29) is 10.7 Å². The van der Waals surface area contributed by atoms with Crippen molar-refractivity contribution in [2.24, 2.45) is 0 Å². The van der Waals surface area contributed by atoms with Crippen LogP contribution < -0.4 is 5.56 Å². The predicted octanol–water partition coefficient (Wildman–Crippen LogP) is 1.71. The van der Waals surface area contributed by atoms with Gasteiger partial charge in [-0.2, -0.15) is 0 Å². The monoisotopic (exact) mass is 241 g/mol. The summed E-state index contributed by atoms with van der Waals surface area (Å²) in [4.78, 5) is 19.6. The lowest BCUT2D eigenvalue weighted by Crippen LogP contribution is -2.19. The van der Waals surface area contributed by atoms with Gasteiger partial charge in [0.05, 0.1) is 23.6 Å². The Morgan fingerprint density at radius 3 is 3.00 bits per heavy atom. The average molecular weight is 242 g/mol. The van der Waals surface area contributed by atoms with E-state index in [9.17, 15) is 4.79 Å². The van der Waals surface area contributed by atoms with Crippen molar-refractivity contribution in [2.75, 3.05) is 0 Å². The SMILES string of the molecule is Cc1nc(Cn2cnc(Cl)cc2=O)cs1. The minimum Gasteiger partial charge on any atom is -0.293 e. The average Bonchev–Trinajstić information content (AvgIpc) is 2.56. The van der Waals surface area contributed by atoms with Gasteiger partial charge in [0.25, 0.3) is 5.56 Å². The summed E-state index contributed by atoms with van der Waals surface area (Å²) in [5.74, 6) is 0. The summed E-state index contributed by atoms with van der Waals surface area (Å²) in [5, 5.41) is 3.13. The molecule has 0 saturated carbocycles. The summed E-state index contributed by atoms with van der Waals surface area (Å²) in [7, 11) is 0. The number of halogens is 1. The molecule has 0 bridgehead atoms. The number of aryl methyl sites for hydroxylation is 1. The maximum atomic E-state index is 11.5. The molecule has 15 heavy (non-hydrogen) atoms. The molecule has 0 saturated heterocycles. The molecule has 6 heteroatoms. The van der Waals surface area contributed by atoms with Crippen LogP contribution in [0.25, 0.3) is 0 Å². The molecule has 0 aliphatic rings. The van der Waals surface area contributed by atoms with Crippen LogP contribution in [0.2, 0.25) is 5.15 Å². The fraction of sp³-hybridized carbons (Fsp3) is 0.222. The van der Waals surface area contributed by atoms with Gasteiger partial charge in [-0.15, -0.1) is 11.3 Å². The fourth-order valence-electron chi connectivity index (χ4n) is 1.18.